The summed E-state index contributed by atoms with van der Waals surface area (Å²) in [5.74, 6) is -0.269. The molecular weight excluding hydrogens is 415 g/mol. The van der Waals surface area contributed by atoms with E-state index in [2.05, 4.69) is 26.2 Å². The number of furan rings is 1. The van der Waals surface area contributed by atoms with Crippen LogP contribution in [0, 0.1) is 0 Å². The quantitative estimate of drug-likeness (QED) is 0.355. The first-order valence-electron chi connectivity index (χ1n) is 7.13. The maximum atomic E-state index is 12.5. The molecule has 2 heterocycles. The van der Waals surface area contributed by atoms with Crippen molar-refractivity contribution in [2.75, 3.05) is 0 Å². The highest BCUT2D eigenvalue weighted by Gasteiger charge is 2.26. The van der Waals surface area contributed by atoms with Gasteiger partial charge in [0.15, 0.2) is 0 Å². The second-order valence-corrected chi connectivity index (χ2v) is 7.71. The van der Waals surface area contributed by atoms with Crippen LogP contribution in [-0.4, -0.2) is 15.9 Å². The summed E-state index contributed by atoms with van der Waals surface area (Å²) in [6.07, 6.45) is 3.52. The van der Waals surface area contributed by atoms with Gasteiger partial charge in [-0.1, -0.05) is 23.2 Å². The van der Waals surface area contributed by atoms with Crippen molar-refractivity contribution in [3.05, 3.63) is 63.5 Å². The second kappa shape index (κ2) is 6.75. The first-order valence-corrected chi connectivity index (χ1v) is 8.67. The number of fused-ring (bicyclic) bond motifs is 1. The van der Waals surface area contributed by atoms with Crippen LogP contribution in [0.15, 0.2) is 51.7 Å². The number of carbonyl (C=O) groups excluding carboxylic acids is 1. The van der Waals surface area contributed by atoms with Crippen LogP contribution in [0.2, 0.25) is 5.15 Å². The van der Waals surface area contributed by atoms with Gasteiger partial charge in [0.25, 0.3) is 5.91 Å². The highest BCUT2D eigenvalue weighted by Crippen LogP contribution is 2.25. The van der Waals surface area contributed by atoms with E-state index in [9.17, 15) is 4.79 Å². The van der Waals surface area contributed by atoms with Crippen molar-refractivity contribution in [1.29, 1.82) is 0 Å². The molecule has 1 atom stereocenters. The molecule has 0 aliphatic carbocycles. The largest absolute Gasteiger partial charge is 0.464 e. The summed E-state index contributed by atoms with van der Waals surface area (Å²) in [4.78, 5) is 15.5. The molecule has 1 aromatic carbocycles. The Morgan fingerprint density at radius 2 is 2.17 bits per heavy atom. The molecule has 3 rings (SSSR count). The van der Waals surface area contributed by atoms with E-state index >= 15 is 0 Å². The minimum atomic E-state index is -1.01. The van der Waals surface area contributed by atoms with Crippen LogP contribution in [0.5, 0.6) is 0 Å². The molecule has 0 spiro atoms. The highest BCUT2D eigenvalue weighted by molar-refractivity contribution is 9.10. The molecule has 7 heteroatoms. The number of hydrogen-bond donors (Lipinski definition) is 1. The molecule has 0 fully saturated rings. The third-order valence-corrected chi connectivity index (χ3v) is 4.49. The van der Waals surface area contributed by atoms with Gasteiger partial charge in [0.05, 0.1) is 6.26 Å². The third kappa shape index (κ3) is 3.91. The van der Waals surface area contributed by atoms with Crippen LogP contribution in [0.25, 0.3) is 11.0 Å². The minimum Gasteiger partial charge on any atom is -0.464 e. The van der Waals surface area contributed by atoms with Crippen molar-refractivity contribution in [3.63, 3.8) is 0 Å². The lowest BCUT2D eigenvalue weighted by Gasteiger charge is -2.24. The van der Waals surface area contributed by atoms with Crippen LogP contribution in [0.4, 0.5) is 0 Å². The number of benzene rings is 1. The van der Waals surface area contributed by atoms with Crippen LogP contribution in [-0.2, 0) is 6.42 Å². The number of hydrogen-bond acceptors (Lipinski definition) is 3. The first-order chi connectivity index (χ1) is 11.3. The molecule has 0 saturated heterocycles. The van der Waals surface area contributed by atoms with E-state index in [1.54, 1.807) is 43.6 Å². The molecule has 1 amide bonds. The minimum absolute atomic E-state index is 0.269. The fourth-order valence-electron chi connectivity index (χ4n) is 2.41. The molecule has 1 unspecified atom stereocenters. The lowest BCUT2D eigenvalue weighted by atomic mass is 10.1. The average molecular weight is 428 g/mol. The van der Waals surface area contributed by atoms with E-state index in [4.69, 9.17) is 27.6 Å². The Morgan fingerprint density at radius 1 is 1.38 bits per heavy atom. The second-order valence-electron chi connectivity index (χ2n) is 5.61. The SMILES string of the molecule is CC(Cl)(Cc1cc(Br)cnc1Cl)NC(=O)c1ccc2occc2c1. The first kappa shape index (κ1) is 17.3. The number of amides is 1. The molecule has 3 aromatic rings. The van der Waals surface area contributed by atoms with Gasteiger partial charge in [-0.2, -0.15) is 0 Å². The topological polar surface area (TPSA) is 55.1 Å². The number of pyridine rings is 1. The third-order valence-electron chi connectivity index (χ3n) is 3.49. The van der Waals surface area contributed by atoms with E-state index in [1.165, 1.54) is 0 Å². The van der Waals surface area contributed by atoms with E-state index in [1.807, 2.05) is 6.07 Å². The average Bonchev–Trinajstić information content (AvgIpc) is 2.97. The summed E-state index contributed by atoms with van der Waals surface area (Å²) >= 11 is 15.9. The van der Waals surface area contributed by atoms with Gasteiger partial charge in [-0.3, -0.25) is 4.79 Å². The van der Waals surface area contributed by atoms with E-state index < -0.39 is 5.00 Å². The summed E-state index contributed by atoms with van der Waals surface area (Å²) in [7, 11) is 0. The molecule has 1 N–H and O–H groups in total. The molecule has 0 bridgehead atoms. The normalized spacial score (nSPS) is 13.7. The smallest absolute Gasteiger partial charge is 0.252 e. The van der Waals surface area contributed by atoms with Gasteiger partial charge < -0.3 is 9.73 Å². The van der Waals surface area contributed by atoms with Crippen molar-refractivity contribution in [2.24, 2.45) is 0 Å². The Morgan fingerprint density at radius 3 is 2.96 bits per heavy atom. The number of halogens is 3. The zero-order valence-electron chi connectivity index (χ0n) is 12.6. The lowest BCUT2D eigenvalue weighted by molar-refractivity contribution is 0.0931. The number of alkyl halides is 1. The van der Waals surface area contributed by atoms with E-state index in [-0.39, 0.29) is 5.91 Å². The molecule has 0 aliphatic heterocycles. The van der Waals surface area contributed by atoms with E-state index in [0.717, 1.165) is 21.0 Å². The van der Waals surface area contributed by atoms with Gasteiger partial charge in [0.2, 0.25) is 0 Å². The molecule has 0 saturated carbocycles. The van der Waals surface area contributed by atoms with Crippen molar-refractivity contribution < 1.29 is 9.21 Å². The molecule has 24 heavy (non-hydrogen) atoms. The van der Waals surface area contributed by atoms with Gasteiger partial charge >= 0.3 is 0 Å². The number of carbonyl (C=O) groups is 1. The summed E-state index contributed by atoms with van der Waals surface area (Å²) < 4.78 is 6.07. The predicted molar refractivity (Wildman–Crippen MR) is 98.6 cm³/mol. The summed E-state index contributed by atoms with van der Waals surface area (Å²) in [6.45, 7) is 1.72. The van der Waals surface area contributed by atoms with Gasteiger partial charge in [-0.15, -0.1) is 0 Å². The Kier molecular flexibility index (Phi) is 4.85. The van der Waals surface area contributed by atoms with E-state index in [0.29, 0.717) is 17.1 Å². The zero-order valence-corrected chi connectivity index (χ0v) is 15.7. The number of rotatable bonds is 4. The Balaban J connectivity index is 1.77. The van der Waals surface area contributed by atoms with Gasteiger partial charge in [0, 0.05) is 28.0 Å². The van der Waals surface area contributed by atoms with Crippen molar-refractivity contribution >= 4 is 56.0 Å². The monoisotopic (exact) mass is 426 g/mol. The molecule has 4 nitrogen and oxygen atoms in total. The Hall–Kier alpha value is -1.56. The van der Waals surface area contributed by atoms with Gasteiger partial charge in [0.1, 0.15) is 15.7 Å². The molecule has 0 radical (unpaired) electrons. The van der Waals surface area contributed by atoms with Crippen LogP contribution in [0.1, 0.15) is 22.8 Å². The van der Waals surface area contributed by atoms with Crippen molar-refractivity contribution in [1.82, 2.24) is 10.3 Å². The fourth-order valence-corrected chi connectivity index (χ4v) is 3.19. The van der Waals surface area contributed by atoms with Crippen molar-refractivity contribution in [3.8, 4) is 0 Å². The molecule has 0 aliphatic rings. The standard InChI is InChI=1S/C17H13BrCl2N2O2/c1-17(20,8-12-7-13(18)9-21-15(12)19)22-16(23)11-2-3-14-10(6-11)4-5-24-14/h2-7,9H,8H2,1H3,(H,22,23). The molecular formula is C17H13BrCl2N2O2. The predicted octanol–water partition coefficient (Wildman–Crippen LogP) is 5.17. The maximum absolute atomic E-state index is 12.5. The van der Waals surface area contributed by atoms with Crippen LogP contribution >= 0.6 is 39.1 Å². The maximum Gasteiger partial charge on any atom is 0.252 e. The van der Waals surface area contributed by atoms with Crippen molar-refractivity contribution in [2.45, 2.75) is 18.3 Å². The van der Waals surface area contributed by atoms with Crippen LogP contribution < -0.4 is 5.32 Å². The Bertz CT molecular complexity index is 908. The lowest BCUT2D eigenvalue weighted by Crippen LogP contribution is -2.43. The van der Waals surface area contributed by atoms with Crippen LogP contribution in [0.3, 0.4) is 0 Å². The molecule has 2 aromatic heterocycles. The summed E-state index contributed by atoms with van der Waals surface area (Å²) in [5, 5.41) is 4.04. The molecule has 124 valence electrons. The number of nitrogens with one attached hydrogen (secondary N) is 1. The summed E-state index contributed by atoms with van der Waals surface area (Å²) in [5.41, 5.74) is 1.98. The Labute approximate surface area is 157 Å². The van der Waals surface area contributed by atoms with Gasteiger partial charge in [-0.05, 0) is 58.7 Å². The number of nitrogens with zero attached hydrogens (tertiary/aromatic N) is 1. The fraction of sp³-hybridized carbons (Fsp3) is 0.176. The summed E-state index contributed by atoms with van der Waals surface area (Å²) in [6, 6.07) is 8.85. The zero-order chi connectivity index (χ0) is 17.3. The highest BCUT2D eigenvalue weighted by atomic mass is 79.9. The van der Waals surface area contributed by atoms with Gasteiger partial charge in [-0.25, -0.2) is 4.98 Å². The number of aromatic nitrogens is 1.